The number of ketones is 1. The average molecular weight is 300 g/mol. The zero-order valence-corrected chi connectivity index (χ0v) is 14.6. The van der Waals surface area contributed by atoms with Crippen LogP contribution in [0.25, 0.3) is 0 Å². The molecule has 4 rings (SSSR count). The highest BCUT2D eigenvalue weighted by Gasteiger charge is 2.59. The fraction of sp³-hybridized carbons (Fsp3) is 0.857. The maximum Gasteiger partial charge on any atom is 0.133 e. The summed E-state index contributed by atoms with van der Waals surface area (Å²) in [5.74, 6) is 4.38. The van der Waals surface area contributed by atoms with E-state index in [9.17, 15) is 4.79 Å². The molecule has 1 nitrogen and oxygen atoms in total. The van der Waals surface area contributed by atoms with Crippen molar-refractivity contribution < 1.29 is 4.79 Å². The number of rotatable bonds is 1. The van der Waals surface area contributed by atoms with Crippen molar-refractivity contribution >= 4 is 5.78 Å². The minimum Gasteiger partial charge on any atom is -0.300 e. The zero-order chi connectivity index (χ0) is 15.5. The van der Waals surface area contributed by atoms with Crippen molar-refractivity contribution in [3.05, 3.63) is 12.2 Å². The van der Waals surface area contributed by atoms with Crippen LogP contribution in [0.2, 0.25) is 0 Å². The van der Waals surface area contributed by atoms with Crippen LogP contribution < -0.4 is 0 Å². The molecule has 4 aliphatic carbocycles. The molecule has 3 fully saturated rings. The Morgan fingerprint density at radius 2 is 1.73 bits per heavy atom. The van der Waals surface area contributed by atoms with Gasteiger partial charge in [-0.05, 0) is 92.8 Å². The van der Waals surface area contributed by atoms with E-state index in [4.69, 9.17) is 0 Å². The molecule has 122 valence electrons. The van der Waals surface area contributed by atoms with Crippen molar-refractivity contribution in [1.29, 1.82) is 0 Å². The molecule has 3 saturated carbocycles. The molecule has 0 heterocycles. The normalized spacial score (nSPS) is 53.5. The summed E-state index contributed by atoms with van der Waals surface area (Å²) in [6.45, 7) is 6.90. The number of carbonyl (C=O) groups is 1. The molecule has 0 amide bonds. The van der Waals surface area contributed by atoms with Crippen molar-refractivity contribution in [3.8, 4) is 0 Å². The molecule has 0 aliphatic heterocycles. The van der Waals surface area contributed by atoms with Gasteiger partial charge in [-0.15, -0.1) is 0 Å². The van der Waals surface area contributed by atoms with Crippen molar-refractivity contribution in [3.63, 3.8) is 0 Å². The third kappa shape index (κ3) is 1.86. The molecule has 22 heavy (non-hydrogen) atoms. The Balaban J connectivity index is 1.65. The van der Waals surface area contributed by atoms with Gasteiger partial charge in [-0.25, -0.2) is 0 Å². The predicted octanol–water partition coefficient (Wildman–Crippen LogP) is 5.40. The van der Waals surface area contributed by atoms with Gasteiger partial charge in [-0.1, -0.05) is 26.0 Å². The molecule has 0 aromatic rings. The molecule has 0 spiro atoms. The first kappa shape index (κ1) is 15.0. The fourth-order valence-corrected chi connectivity index (χ4v) is 7.51. The van der Waals surface area contributed by atoms with Crippen LogP contribution in [0.3, 0.4) is 0 Å². The van der Waals surface area contributed by atoms with Crippen molar-refractivity contribution in [2.24, 2.45) is 40.4 Å². The second-order valence-electron chi connectivity index (χ2n) is 9.35. The molecule has 0 aromatic heterocycles. The van der Waals surface area contributed by atoms with Gasteiger partial charge in [0.05, 0.1) is 0 Å². The third-order valence-electron chi connectivity index (χ3n) is 8.70. The van der Waals surface area contributed by atoms with E-state index in [0.29, 0.717) is 22.5 Å². The summed E-state index contributed by atoms with van der Waals surface area (Å²) in [6.07, 6.45) is 15.5. The minimum absolute atomic E-state index is 0.320. The number of carbonyl (C=O) groups excluding carboxylic acids is 1. The molecule has 1 heteroatoms. The molecule has 4 aliphatic rings. The lowest BCUT2D eigenvalue weighted by molar-refractivity contribution is -0.131. The van der Waals surface area contributed by atoms with Crippen LogP contribution in [-0.2, 0) is 4.79 Å². The largest absolute Gasteiger partial charge is 0.300 e. The highest BCUT2D eigenvalue weighted by Crippen LogP contribution is 2.66. The Hall–Kier alpha value is -0.590. The Morgan fingerprint density at radius 1 is 0.955 bits per heavy atom. The lowest BCUT2D eigenvalue weighted by Gasteiger charge is -2.59. The molecule has 0 saturated heterocycles. The number of fused-ring (bicyclic) bond motifs is 5. The summed E-state index contributed by atoms with van der Waals surface area (Å²) in [5, 5.41) is 0. The molecule has 0 aromatic carbocycles. The van der Waals surface area contributed by atoms with Gasteiger partial charge >= 0.3 is 0 Å². The van der Waals surface area contributed by atoms with Gasteiger partial charge in [0.25, 0.3) is 0 Å². The molecule has 7 unspecified atom stereocenters. The highest BCUT2D eigenvalue weighted by molar-refractivity contribution is 5.79. The van der Waals surface area contributed by atoms with Crippen molar-refractivity contribution in [2.75, 3.05) is 0 Å². The summed E-state index contributed by atoms with van der Waals surface area (Å²) >= 11 is 0. The second kappa shape index (κ2) is 4.95. The number of allylic oxidation sites excluding steroid dienone is 2. The van der Waals surface area contributed by atoms with Gasteiger partial charge in [-0.2, -0.15) is 0 Å². The van der Waals surface area contributed by atoms with E-state index in [-0.39, 0.29) is 0 Å². The summed E-state index contributed by atoms with van der Waals surface area (Å²) in [4.78, 5) is 12.1. The van der Waals surface area contributed by atoms with Gasteiger partial charge in [-0.3, -0.25) is 4.79 Å². The van der Waals surface area contributed by atoms with Crippen LogP contribution in [0.4, 0.5) is 0 Å². The summed E-state index contributed by atoms with van der Waals surface area (Å²) in [6, 6.07) is 0. The van der Waals surface area contributed by atoms with E-state index in [1.165, 1.54) is 51.4 Å². The molecule has 0 radical (unpaired) electrons. The van der Waals surface area contributed by atoms with Crippen LogP contribution in [0.1, 0.15) is 72.1 Å². The lowest BCUT2D eigenvalue weighted by Crippen LogP contribution is -2.52. The standard InChI is InChI=1S/C21H32O/c1-14(22)17-9-10-18-16-8-7-15-6-4-5-12-20(15,2)19(16)11-13-21(17,18)3/h4-5,15-19H,6-13H2,1-3H3. The smallest absolute Gasteiger partial charge is 0.133 e. The Morgan fingerprint density at radius 3 is 2.50 bits per heavy atom. The van der Waals surface area contributed by atoms with E-state index in [1.54, 1.807) is 0 Å². The average Bonchev–Trinajstić information content (AvgIpc) is 2.84. The van der Waals surface area contributed by atoms with E-state index in [2.05, 4.69) is 26.0 Å². The van der Waals surface area contributed by atoms with Gasteiger partial charge in [0.2, 0.25) is 0 Å². The van der Waals surface area contributed by atoms with E-state index in [0.717, 1.165) is 23.7 Å². The van der Waals surface area contributed by atoms with Crippen LogP contribution in [0.15, 0.2) is 12.2 Å². The fourth-order valence-electron chi connectivity index (χ4n) is 7.51. The Kier molecular flexibility index (Phi) is 3.37. The molecule has 0 N–H and O–H groups in total. The predicted molar refractivity (Wildman–Crippen MR) is 90.4 cm³/mol. The molecule has 7 atom stereocenters. The first-order chi connectivity index (χ1) is 10.5. The lowest BCUT2D eigenvalue weighted by atomic mass is 9.45. The highest BCUT2D eigenvalue weighted by atomic mass is 16.1. The number of hydrogen-bond donors (Lipinski definition) is 0. The van der Waals surface area contributed by atoms with Gasteiger partial charge < -0.3 is 0 Å². The first-order valence-corrected chi connectivity index (χ1v) is 9.62. The van der Waals surface area contributed by atoms with Gasteiger partial charge in [0.15, 0.2) is 0 Å². The summed E-state index contributed by atoms with van der Waals surface area (Å²) in [5.41, 5.74) is 0.869. The zero-order valence-electron chi connectivity index (χ0n) is 14.6. The number of hydrogen-bond acceptors (Lipinski definition) is 1. The first-order valence-electron chi connectivity index (χ1n) is 9.62. The Bertz CT molecular complexity index is 506. The summed E-state index contributed by atoms with van der Waals surface area (Å²) in [7, 11) is 0. The van der Waals surface area contributed by atoms with Gasteiger partial charge in [0, 0.05) is 5.92 Å². The second-order valence-corrected chi connectivity index (χ2v) is 9.35. The van der Waals surface area contributed by atoms with Crippen LogP contribution in [0, 0.1) is 40.4 Å². The van der Waals surface area contributed by atoms with Crippen molar-refractivity contribution in [1.82, 2.24) is 0 Å². The van der Waals surface area contributed by atoms with Gasteiger partial charge in [0.1, 0.15) is 5.78 Å². The van der Waals surface area contributed by atoms with Crippen molar-refractivity contribution in [2.45, 2.75) is 72.1 Å². The number of Topliss-reactive ketones (excluding diaryl/α,β-unsaturated/α-hetero) is 1. The SMILES string of the molecule is CC(=O)C1CCC2C3CCC4CC=CCC4(C)C3CCC12C. The summed E-state index contributed by atoms with van der Waals surface area (Å²) < 4.78 is 0. The van der Waals surface area contributed by atoms with Crippen LogP contribution in [0.5, 0.6) is 0 Å². The minimum atomic E-state index is 0.320. The molecular formula is C21H32O. The monoisotopic (exact) mass is 300 g/mol. The quantitative estimate of drug-likeness (QED) is 0.592. The molecular weight excluding hydrogens is 268 g/mol. The molecule has 0 bridgehead atoms. The topological polar surface area (TPSA) is 17.1 Å². The third-order valence-corrected chi connectivity index (χ3v) is 8.70. The van der Waals surface area contributed by atoms with Crippen LogP contribution >= 0.6 is 0 Å². The maximum absolute atomic E-state index is 12.1. The van der Waals surface area contributed by atoms with Crippen LogP contribution in [-0.4, -0.2) is 5.78 Å². The maximum atomic E-state index is 12.1. The Labute approximate surface area is 135 Å². The van der Waals surface area contributed by atoms with E-state index < -0.39 is 0 Å². The van der Waals surface area contributed by atoms with E-state index in [1.807, 2.05) is 6.92 Å². The van der Waals surface area contributed by atoms with E-state index >= 15 is 0 Å².